The Morgan fingerprint density at radius 3 is 2.79 bits per heavy atom. The zero-order valence-corrected chi connectivity index (χ0v) is 7.91. The molecule has 0 aliphatic heterocycles. The first kappa shape index (κ1) is 10.6. The molecule has 0 aliphatic carbocycles. The Bertz CT molecular complexity index is 419. The monoisotopic (exact) mass is 202 g/mol. The van der Waals surface area contributed by atoms with Crippen molar-refractivity contribution in [3.8, 4) is 0 Å². The Morgan fingerprint density at radius 1 is 1.64 bits per heavy atom. The van der Waals surface area contributed by atoms with Crippen molar-refractivity contribution in [1.29, 1.82) is 0 Å². The number of hydrogen-bond donors (Lipinski definition) is 1. The first-order chi connectivity index (χ1) is 6.60. The lowest BCUT2D eigenvalue weighted by Crippen LogP contribution is -2.34. The van der Waals surface area contributed by atoms with Crippen molar-refractivity contribution >= 4 is 0 Å². The molecule has 0 spiro atoms. The van der Waals surface area contributed by atoms with E-state index in [0.717, 1.165) is 10.8 Å². The number of rotatable bonds is 3. The molecule has 78 valence electrons. The van der Waals surface area contributed by atoms with E-state index in [0.29, 0.717) is 6.42 Å². The molecular formula is C8H11FN2O3. The van der Waals surface area contributed by atoms with Gasteiger partial charge in [0.15, 0.2) is 0 Å². The number of methoxy groups -OCH3 is 1. The fourth-order valence-electron chi connectivity index (χ4n) is 1.15. The van der Waals surface area contributed by atoms with Crippen LogP contribution in [0.5, 0.6) is 0 Å². The number of ether oxygens (including phenoxy) is 1. The molecule has 0 aliphatic rings. The van der Waals surface area contributed by atoms with Gasteiger partial charge in [-0.15, -0.1) is 0 Å². The van der Waals surface area contributed by atoms with Gasteiger partial charge in [-0.2, -0.15) is 4.39 Å². The third kappa shape index (κ3) is 1.90. The minimum atomic E-state index is -1.02. The van der Waals surface area contributed by atoms with Crippen LogP contribution in [-0.4, -0.2) is 16.7 Å². The smallest absolute Gasteiger partial charge is 0.330 e. The van der Waals surface area contributed by atoms with E-state index in [1.165, 1.54) is 7.11 Å². The topological polar surface area (TPSA) is 64.1 Å². The molecule has 1 aromatic rings. The number of halogens is 1. The van der Waals surface area contributed by atoms with E-state index in [1.807, 2.05) is 4.98 Å². The van der Waals surface area contributed by atoms with Gasteiger partial charge in [0.1, 0.15) is 6.23 Å². The molecule has 0 radical (unpaired) electrons. The van der Waals surface area contributed by atoms with E-state index in [1.54, 1.807) is 6.92 Å². The molecule has 0 aromatic carbocycles. The van der Waals surface area contributed by atoms with Gasteiger partial charge in [0, 0.05) is 7.11 Å². The SMILES string of the molecule is CCC(OC)n1cc(F)c(=O)[nH]c1=O. The first-order valence-electron chi connectivity index (χ1n) is 4.14. The van der Waals surface area contributed by atoms with Crippen LogP contribution in [0.4, 0.5) is 4.39 Å². The minimum absolute atomic E-state index is 0.502. The zero-order valence-electron chi connectivity index (χ0n) is 7.91. The molecule has 0 fully saturated rings. The fourth-order valence-corrected chi connectivity index (χ4v) is 1.15. The van der Waals surface area contributed by atoms with Gasteiger partial charge >= 0.3 is 5.69 Å². The summed E-state index contributed by atoms with van der Waals surface area (Å²) < 4.78 is 18.8. The Kier molecular flexibility index (Phi) is 3.19. The third-order valence-electron chi connectivity index (χ3n) is 1.86. The van der Waals surface area contributed by atoms with Crippen molar-refractivity contribution in [2.45, 2.75) is 19.6 Å². The second-order valence-electron chi connectivity index (χ2n) is 2.74. The lowest BCUT2D eigenvalue weighted by molar-refractivity contribution is 0.0361. The summed E-state index contributed by atoms with van der Waals surface area (Å²) in [6.45, 7) is 1.78. The average molecular weight is 202 g/mol. The van der Waals surface area contributed by atoms with Crippen LogP contribution in [0.15, 0.2) is 15.8 Å². The van der Waals surface area contributed by atoms with Crippen molar-refractivity contribution in [2.75, 3.05) is 7.11 Å². The van der Waals surface area contributed by atoms with Crippen molar-refractivity contribution in [3.05, 3.63) is 32.9 Å². The van der Waals surface area contributed by atoms with Gasteiger partial charge in [0.2, 0.25) is 5.82 Å². The Balaban J connectivity index is 3.28. The molecule has 1 atom stereocenters. The highest BCUT2D eigenvalue weighted by molar-refractivity contribution is 4.88. The molecule has 1 aromatic heterocycles. The number of H-pyrrole nitrogens is 1. The molecule has 6 heteroatoms. The summed E-state index contributed by atoms with van der Waals surface area (Å²) in [6, 6.07) is 0. The molecule has 14 heavy (non-hydrogen) atoms. The van der Waals surface area contributed by atoms with Crippen LogP contribution in [0, 0.1) is 5.82 Å². The van der Waals surface area contributed by atoms with Crippen LogP contribution >= 0.6 is 0 Å². The van der Waals surface area contributed by atoms with E-state index in [9.17, 15) is 14.0 Å². The van der Waals surface area contributed by atoms with Gasteiger partial charge in [0.05, 0.1) is 6.20 Å². The van der Waals surface area contributed by atoms with E-state index in [2.05, 4.69) is 0 Å². The Hall–Kier alpha value is -1.43. The van der Waals surface area contributed by atoms with Crippen molar-refractivity contribution in [2.24, 2.45) is 0 Å². The summed E-state index contributed by atoms with van der Waals surface area (Å²) in [5, 5.41) is 0. The summed E-state index contributed by atoms with van der Waals surface area (Å²) >= 11 is 0. The highest BCUT2D eigenvalue weighted by Gasteiger charge is 2.11. The molecule has 1 heterocycles. The van der Waals surface area contributed by atoms with E-state index in [4.69, 9.17) is 4.74 Å². The molecule has 0 amide bonds. The fraction of sp³-hybridized carbons (Fsp3) is 0.500. The van der Waals surface area contributed by atoms with Crippen molar-refractivity contribution in [1.82, 2.24) is 9.55 Å². The van der Waals surface area contributed by atoms with Crippen LogP contribution in [0.25, 0.3) is 0 Å². The van der Waals surface area contributed by atoms with Gasteiger partial charge < -0.3 is 4.74 Å². The Labute approximate surface area is 79.1 Å². The standard InChI is InChI=1S/C8H11FN2O3/c1-3-6(14-2)11-4-5(9)7(12)10-8(11)13/h4,6H,3H2,1-2H3,(H,10,12,13). The number of hydrogen-bond acceptors (Lipinski definition) is 3. The Morgan fingerprint density at radius 2 is 2.29 bits per heavy atom. The predicted octanol–water partition coefficient (Wildman–Crippen LogP) is 0.231. The van der Waals surface area contributed by atoms with Crippen LogP contribution < -0.4 is 11.2 Å². The first-order valence-corrected chi connectivity index (χ1v) is 4.14. The highest BCUT2D eigenvalue weighted by Crippen LogP contribution is 2.07. The summed E-state index contributed by atoms with van der Waals surface area (Å²) in [5.41, 5.74) is -1.69. The average Bonchev–Trinajstić information content (AvgIpc) is 2.15. The molecule has 0 saturated heterocycles. The van der Waals surface area contributed by atoms with Crippen molar-refractivity contribution in [3.63, 3.8) is 0 Å². The molecule has 1 rings (SSSR count). The summed E-state index contributed by atoms with van der Waals surface area (Å²) in [4.78, 5) is 23.8. The maximum absolute atomic E-state index is 12.8. The van der Waals surface area contributed by atoms with Crippen molar-refractivity contribution < 1.29 is 9.13 Å². The van der Waals surface area contributed by atoms with Gasteiger partial charge in [-0.05, 0) is 6.42 Å². The largest absolute Gasteiger partial charge is 0.361 e. The third-order valence-corrected chi connectivity index (χ3v) is 1.86. The predicted molar refractivity (Wildman–Crippen MR) is 47.6 cm³/mol. The number of aromatic nitrogens is 2. The van der Waals surface area contributed by atoms with Gasteiger partial charge in [-0.3, -0.25) is 14.3 Å². The molecule has 0 bridgehead atoms. The van der Waals surface area contributed by atoms with Gasteiger partial charge in [-0.1, -0.05) is 6.92 Å². The molecular weight excluding hydrogens is 191 g/mol. The van der Waals surface area contributed by atoms with Crippen LogP contribution in [0.1, 0.15) is 19.6 Å². The molecule has 1 unspecified atom stereocenters. The lowest BCUT2D eigenvalue weighted by atomic mass is 10.4. The maximum Gasteiger partial charge on any atom is 0.330 e. The summed E-state index contributed by atoms with van der Waals surface area (Å²) in [7, 11) is 1.41. The summed E-state index contributed by atoms with van der Waals surface area (Å²) in [5.74, 6) is -1.000. The number of nitrogens with zero attached hydrogens (tertiary/aromatic N) is 1. The number of aromatic amines is 1. The van der Waals surface area contributed by atoms with Crippen LogP contribution in [0.2, 0.25) is 0 Å². The van der Waals surface area contributed by atoms with E-state index < -0.39 is 23.3 Å². The van der Waals surface area contributed by atoms with Crippen LogP contribution in [0.3, 0.4) is 0 Å². The van der Waals surface area contributed by atoms with Gasteiger partial charge in [-0.25, -0.2) is 4.79 Å². The zero-order chi connectivity index (χ0) is 10.7. The lowest BCUT2D eigenvalue weighted by Gasteiger charge is -2.15. The second-order valence-corrected chi connectivity index (χ2v) is 2.74. The minimum Gasteiger partial charge on any atom is -0.361 e. The van der Waals surface area contributed by atoms with E-state index >= 15 is 0 Å². The molecule has 1 N–H and O–H groups in total. The summed E-state index contributed by atoms with van der Waals surface area (Å²) in [6.07, 6.45) is 0.787. The number of nitrogens with one attached hydrogen (secondary N) is 1. The normalized spacial score (nSPS) is 12.8. The quantitative estimate of drug-likeness (QED) is 0.763. The van der Waals surface area contributed by atoms with E-state index in [-0.39, 0.29) is 0 Å². The maximum atomic E-state index is 12.8. The van der Waals surface area contributed by atoms with Gasteiger partial charge in [0.25, 0.3) is 5.56 Å². The molecule has 5 nitrogen and oxygen atoms in total. The highest BCUT2D eigenvalue weighted by atomic mass is 19.1. The molecule has 0 saturated carbocycles. The second kappa shape index (κ2) is 4.19. The van der Waals surface area contributed by atoms with Crippen LogP contribution in [-0.2, 0) is 4.74 Å².